The first-order valence-electron chi connectivity index (χ1n) is 6.01. The first-order chi connectivity index (χ1) is 8.22. The number of rotatable bonds is 5. The first kappa shape index (κ1) is 11.8. The van der Waals surface area contributed by atoms with E-state index in [1.807, 2.05) is 28.9 Å². The van der Waals surface area contributed by atoms with E-state index in [4.69, 9.17) is 0 Å². The maximum atomic E-state index is 11.3. The Morgan fingerprint density at radius 1 is 1.41 bits per heavy atom. The van der Waals surface area contributed by atoms with Gasteiger partial charge in [0.25, 0.3) is 0 Å². The number of carbonyl (C=O) groups is 1. The smallest absolute Gasteiger partial charge is 0.131 e. The Morgan fingerprint density at radius 3 is 2.88 bits per heavy atom. The van der Waals surface area contributed by atoms with Crippen LogP contribution in [0.25, 0.3) is 11.0 Å². The van der Waals surface area contributed by atoms with Gasteiger partial charge in [-0.1, -0.05) is 30.7 Å². The molecule has 17 heavy (non-hydrogen) atoms. The molecule has 0 fully saturated rings. The third-order valence-electron chi connectivity index (χ3n) is 2.87. The molecule has 1 atom stereocenters. The van der Waals surface area contributed by atoms with Crippen molar-refractivity contribution in [3.05, 3.63) is 24.3 Å². The average molecular weight is 231 g/mol. The Kier molecular flexibility index (Phi) is 3.52. The van der Waals surface area contributed by atoms with Gasteiger partial charge in [0, 0.05) is 6.42 Å². The highest BCUT2D eigenvalue weighted by atomic mass is 16.1. The summed E-state index contributed by atoms with van der Waals surface area (Å²) in [6.45, 7) is 3.74. The van der Waals surface area contributed by atoms with Crippen molar-refractivity contribution in [1.29, 1.82) is 0 Å². The number of aromatic nitrogens is 3. The van der Waals surface area contributed by atoms with E-state index in [0.29, 0.717) is 6.42 Å². The molecule has 90 valence electrons. The van der Waals surface area contributed by atoms with Crippen LogP contribution in [0.4, 0.5) is 0 Å². The van der Waals surface area contributed by atoms with Crippen molar-refractivity contribution < 1.29 is 4.79 Å². The molecule has 0 spiro atoms. The fourth-order valence-corrected chi connectivity index (χ4v) is 2.13. The van der Waals surface area contributed by atoms with Gasteiger partial charge in [-0.15, -0.1) is 5.10 Å². The van der Waals surface area contributed by atoms with Gasteiger partial charge in [0.1, 0.15) is 11.3 Å². The number of carbonyl (C=O) groups excluding carboxylic acids is 1. The second-order valence-electron chi connectivity index (χ2n) is 4.37. The van der Waals surface area contributed by atoms with E-state index < -0.39 is 0 Å². The molecule has 1 unspecified atom stereocenters. The Hall–Kier alpha value is -1.71. The number of hydrogen-bond donors (Lipinski definition) is 0. The van der Waals surface area contributed by atoms with Gasteiger partial charge in [0.15, 0.2) is 0 Å². The highest BCUT2D eigenvalue weighted by Gasteiger charge is 2.16. The van der Waals surface area contributed by atoms with E-state index in [-0.39, 0.29) is 11.8 Å². The molecule has 0 amide bonds. The van der Waals surface area contributed by atoms with Crippen LogP contribution in [-0.4, -0.2) is 20.8 Å². The Morgan fingerprint density at radius 2 is 2.18 bits per heavy atom. The molecule has 0 N–H and O–H groups in total. The molecule has 4 heteroatoms. The van der Waals surface area contributed by atoms with Gasteiger partial charge in [-0.05, 0) is 25.5 Å². The van der Waals surface area contributed by atoms with Crippen molar-refractivity contribution in [3.8, 4) is 0 Å². The van der Waals surface area contributed by atoms with E-state index in [1.54, 1.807) is 6.92 Å². The topological polar surface area (TPSA) is 47.8 Å². The Labute approximate surface area is 101 Å². The second-order valence-corrected chi connectivity index (χ2v) is 4.37. The maximum absolute atomic E-state index is 11.3. The van der Waals surface area contributed by atoms with Gasteiger partial charge in [-0.25, -0.2) is 4.68 Å². The number of hydrogen-bond acceptors (Lipinski definition) is 3. The lowest BCUT2D eigenvalue weighted by atomic mass is 10.1. The number of fused-ring (bicyclic) bond motifs is 1. The van der Waals surface area contributed by atoms with Crippen molar-refractivity contribution in [2.24, 2.45) is 0 Å². The molecule has 1 heterocycles. The van der Waals surface area contributed by atoms with Crippen LogP contribution in [0.1, 0.15) is 39.2 Å². The summed E-state index contributed by atoms with van der Waals surface area (Å²) in [5.41, 5.74) is 1.89. The molecular weight excluding hydrogens is 214 g/mol. The molecule has 1 aromatic heterocycles. The van der Waals surface area contributed by atoms with Crippen molar-refractivity contribution in [2.45, 2.75) is 39.2 Å². The highest BCUT2D eigenvalue weighted by molar-refractivity contribution is 5.77. The standard InChI is InChI=1S/C13H17N3O/c1-3-6-11(9-10(2)17)16-13-8-5-4-7-12(13)14-15-16/h4-5,7-8,11H,3,6,9H2,1-2H3. The van der Waals surface area contributed by atoms with Gasteiger partial charge in [0.2, 0.25) is 0 Å². The van der Waals surface area contributed by atoms with Crippen LogP contribution in [0, 0.1) is 0 Å². The minimum absolute atomic E-state index is 0.130. The first-order valence-corrected chi connectivity index (χ1v) is 6.01. The van der Waals surface area contributed by atoms with Crippen molar-refractivity contribution in [2.75, 3.05) is 0 Å². The van der Waals surface area contributed by atoms with E-state index >= 15 is 0 Å². The average Bonchev–Trinajstić information content (AvgIpc) is 2.71. The largest absolute Gasteiger partial charge is 0.300 e. The summed E-state index contributed by atoms with van der Waals surface area (Å²) in [5.74, 6) is 0.197. The number of Topliss-reactive ketones (excluding diaryl/α,β-unsaturated/α-hetero) is 1. The lowest BCUT2D eigenvalue weighted by Gasteiger charge is -2.15. The zero-order valence-corrected chi connectivity index (χ0v) is 10.3. The summed E-state index contributed by atoms with van der Waals surface area (Å²) >= 11 is 0. The highest BCUT2D eigenvalue weighted by Crippen LogP contribution is 2.22. The SMILES string of the molecule is CCCC(CC(C)=O)n1nnc2ccccc21. The zero-order valence-electron chi connectivity index (χ0n) is 10.3. The molecule has 0 aliphatic heterocycles. The lowest BCUT2D eigenvalue weighted by molar-refractivity contribution is -0.117. The molecule has 1 aromatic carbocycles. The minimum atomic E-state index is 0.130. The molecule has 2 rings (SSSR count). The summed E-state index contributed by atoms with van der Waals surface area (Å²) in [5, 5.41) is 8.31. The predicted molar refractivity (Wildman–Crippen MR) is 66.8 cm³/mol. The Bertz CT molecular complexity index is 518. The molecule has 0 bridgehead atoms. The lowest BCUT2D eigenvalue weighted by Crippen LogP contribution is -2.14. The molecular formula is C13H17N3O. The molecule has 0 aliphatic carbocycles. The minimum Gasteiger partial charge on any atom is -0.300 e. The third kappa shape index (κ3) is 2.52. The fourth-order valence-electron chi connectivity index (χ4n) is 2.13. The van der Waals surface area contributed by atoms with Crippen LogP contribution in [-0.2, 0) is 4.79 Å². The van der Waals surface area contributed by atoms with Crippen LogP contribution < -0.4 is 0 Å². The van der Waals surface area contributed by atoms with E-state index in [2.05, 4.69) is 17.2 Å². The normalized spacial score (nSPS) is 12.8. The summed E-state index contributed by atoms with van der Waals surface area (Å²) in [6, 6.07) is 7.98. The van der Waals surface area contributed by atoms with Gasteiger partial charge >= 0.3 is 0 Å². The second kappa shape index (κ2) is 5.08. The zero-order chi connectivity index (χ0) is 12.3. The van der Waals surface area contributed by atoms with Crippen LogP contribution >= 0.6 is 0 Å². The van der Waals surface area contributed by atoms with Crippen molar-refractivity contribution >= 4 is 16.8 Å². The molecule has 0 saturated carbocycles. The number of ketones is 1. The maximum Gasteiger partial charge on any atom is 0.131 e. The molecule has 0 radical (unpaired) electrons. The molecule has 4 nitrogen and oxygen atoms in total. The van der Waals surface area contributed by atoms with Crippen LogP contribution in [0.2, 0.25) is 0 Å². The van der Waals surface area contributed by atoms with Crippen LogP contribution in [0.5, 0.6) is 0 Å². The monoisotopic (exact) mass is 231 g/mol. The third-order valence-corrected chi connectivity index (χ3v) is 2.87. The van der Waals surface area contributed by atoms with E-state index in [9.17, 15) is 4.79 Å². The van der Waals surface area contributed by atoms with Gasteiger partial charge < -0.3 is 0 Å². The molecule has 2 aromatic rings. The summed E-state index contributed by atoms with van der Waals surface area (Å²) in [6.07, 6.45) is 2.51. The summed E-state index contributed by atoms with van der Waals surface area (Å²) < 4.78 is 1.89. The molecule has 0 saturated heterocycles. The van der Waals surface area contributed by atoms with E-state index in [1.165, 1.54) is 0 Å². The fraction of sp³-hybridized carbons (Fsp3) is 0.462. The van der Waals surface area contributed by atoms with Gasteiger partial charge in [-0.2, -0.15) is 0 Å². The number of benzene rings is 1. The van der Waals surface area contributed by atoms with Crippen LogP contribution in [0.15, 0.2) is 24.3 Å². The predicted octanol–water partition coefficient (Wildman–Crippen LogP) is 2.75. The van der Waals surface area contributed by atoms with Gasteiger partial charge in [-0.3, -0.25) is 4.79 Å². The number of para-hydroxylation sites is 1. The van der Waals surface area contributed by atoms with Crippen molar-refractivity contribution in [3.63, 3.8) is 0 Å². The van der Waals surface area contributed by atoms with Crippen LogP contribution in [0.3, 0.4) is 0 Å². The molecule has 0 aliphatic rings. The quantitative estimate of drug-likeness (QED) is 0.795. The van der Waals surface area contributed by atoms with Crippen molar-refractivity contribution in [1.82, 2.24) is 15.0 Å². The Balaban J connectivity index is 2.37. The van der Waals surface area contributed by atoms with Gasteiger partial charge in [0.05, 0.1) is 11.6 Å². The number of nitrogens with zero attached hydrogens (tertiary/aromatic N) is 3. The summed E-state index contributed by atoms with van der Waals surface area (Å²) in [4.78, 5) is 11.3. The summed E-state index contributed by atoms with van der Waals surface area (Å²) in [7, 11) is 0. The van der Waals surface area contributed by atoms with E-state index in [0.717, 1.165) is 23.9 Å².